The molecule has 1 aliphatic rings. The standard InChI is InChI=1S/C38H25N3/c1-3-12-27(13-4-1)40-35-18-10-8-16-29(35)31-23-38-32(24-37(31)40)30-20-19-26(34-21-25-11-7-9-17-33(25)39-34)22-36(30)41(38)28-14-5-2-6-15-28/h1-20,22-24H,21H2. The highest BCUT2D eigenvalue weighted by Gasteiger charge is 2.21. The summed E-state index contributed by atoms with van der Waals surface area (Å²) < 4.78 is 4.82. The van der Waals surface area contributed by atoms with Crippen molar-refractivity contribution in [2.45, 2.75) is 6.42 Å². The first-order valence-corrected chi connectivity index (χ1v) is 14.1. The average molecular weight is 524 g/mol. The molecule has 41 heavy (non-hydrogen) atoms. The molecule has 0 unspecified atom stereocenters. The van der Waals surface area contributed by atoms with E-state index in [2.05, 4.69) is 149 Å². The van der Waals surface area contributed by atoms with Crippen molar-refractivity contribution in [2.75, 3.05) is 0 Å². The van der Waals surface area contributed by atoms with Crippen LogP contribution in [0.2, 0.25) is 0 Å². The first kappa shape index (κ1) is 22.4. The minimum atomic E-state index is 0.865. The lowest BCUT2D eigenvalue weighted by atomic mass is 10.0. The number of fused-ring (bicyclic) bond motifs is 7. The molecule has 0 bridgehead atoms. The number of rotatable bonds is 3. The highest BCUT2D eigenvalue weighted by molar-refractivity contribution is 6.20. The summed E-state index contributed by atoms with van der Waals surface area (Å²) in [6.45, 7) is 0. The lowest BCUT2D eigenvalue weighted by molar-refractivity contribution is 1.17. The maximum atomic E-state index is 5.00. The summed E-state index contributed by atoms with van der Waals surface area (Å²) >= 11 is 0. The van der Waals surface area contributed by atoms with Crippen LogP contribution in [0.1, 0.15) is 11.1 Å². The van der Waals surface area contributed by atoms with Gasteiger partial charge in [0.2, 0.25) is 0 Å². The first-order valence-electron chi connectivity index (χ1n) is 14.1. The molecule has 2 aromatic heterocycles. The Morgan fingerprint density at radius 3 is 1.71 bits per heavy atom. The predicted octanol–water partition coefficient (Wildman–Crippen LogP) is 9.56. The van der Waals surface area contributed by atoms with Gasteiger partial charge in [0.15, 0.2) is 0 Å². The van der Waals surface area contributed by atoms with Gasteiger partial charge in [-0.05, 0) is 65.7 Å². The highest BCUT2D eigenvalue weighted by atomic mass is 15.0. The molecule has 0 aliphatic carbocycles. The molecule has 0 saturated heterocycles. The van der Waals surface area contributed by atoms with E-state index in [4.69, 9.17) is 4.99 Å². The number of hydrogen-bond acceptors (Lipinski definition) is 1. The number of hydrogen-bond donors (Lipinski definition) is 0. The van der Waals surface area contributed by atoms with Crippen LogP contribution in [0.3, 0.4) is 0 Å². The van der Waals surface area contributed by atoms with Crippen LogP contribution in [0.25, 0.3) is 55.0 Å². The summed E-state index contributed by atoms with van der Waals surface area (Å²) in [4.78, 5) is 5.00. The summed E-state index contributed by atoms with van der Waals surface area (Å²) in [5.41, 5.74) is 11.9. The lowest BCUT2D eigenvalue weighted by Crippen LogP contribution is -2.01. The van der Waals surface area contributed by atoms with Crippen LogP contribution in [-0.4, -0.2) is 14.8 Å². The maximum absolute atomic E-state index is 5.00. The second-order valence-electron chi connectivity index (χ2n) is 10.8. The van der Waals surface area contributed by atoms with Gasteiger partial charge >= 0.3 is 0 Å². The molecule has 3 heteroatoms. The van der Waals surface area contributed by atoms with Gasteiger partial charge in [0, 0.05) is 39.3 Å². The molecule has 0 atom stereocenters. The van der Waals surface area contributed by atoms with E-state index in [1.807, 2.05) is 0 Å². The summed E-state index contributed by atoms with van der Waals surface area (Å²) in [5.74, 6) is 0. The molecule has 8 aromatic rings. The zero-order valence-corrected chi connectivity index (χ0v) is 22.3. The number of nitrogens with zero attached hydrogens (tertiary/aromatic N) is 3. The van der Waals surface area contributed by atoms with Crippen molar-refractivity contribution in [2.24, 2.45) is 4.99 Å². The summed E-state index contributed by atoms with van der Waals surface area (Å²) in [6, 6.07) is 50.3. The number of benzene rings is 6. The molecule has 0 radical (unpaired) electrons. The quantitative estimate of drug-likeness (QED) is 0.220. The summed E-state index contributed by atoms with van der Waals surface area (Å²) in [6.07, 6.45) is 0.865. The van der Waals surface area contributed by atoms with Crippen molar-refractivity contribution in [3.05, 3.63) is 151 Å². The largest absolute Gasteiger partial charge is 0.309 e. The van der Waals surface area contributed by atoms with E-state index in [1.54, 1.807) is 0 Å². The average Bonchev–Trinajstić information content (AvgIpc) is 3.70. The Kier molecular flexibility index (Phi) is 4.67. The molecule has 0 N–H and O–H groups in total. The predicted molar refractivity (Wildman–Crippen MR) is 171 cm³/mol. The molecule has 3 heterocycles. The molecule has 192 valence electrons. The van der Waals surface area contributed by atoms with Crippen molar-refractivity contribution < 1.29 is 0 Å². The second-order valence-corrected chi connectivity index (χ2v) is 10.8. The van der Waals surface area contributed by atoms with Crippen LogP contribution < -0.4 is 0 Å². The van der Waals surface area contributed by atoms with Gasteiger partial charge in [-0.15, -0.1) is 0 Å². The zero-order valence-electron chi connectivity index (χ0n) is 22.3. The third kappa shape index (κ3) is 3.30. The van der Waals surface area contributed by atoms with Crippen LogP contribution >= 0.6 is 0 Å². The van der Waals surface area contributed by atoms with Gasteiger partial charge in [0.1, 0.15) is 0 Å². The molecule has 9 rings (SSSR count). The van der Waals surface area contributed by atoms with Crippen LogP contribution in [0.5, 0.6) is 0 Å². The van der Waals surface area contributed by atoms with E-state index in [1.165, 1.54) is 60.4 Å². The molecule has 0 spiro atoms. The SMILES string of the molecule is c1ccc(-n2c3ccccc3c3cc4c(cc32)c2ccc(C3=Nc5ccccc5C3)cc2n4-c2ccccc2)cc1. The Morgan fingerprint density at radius 1 is 0.439 bits per heavy atom. The Bertz CT molecular complexity index is 2320. The Labute approximate surface area is 237 Å². The van der Waals surface area contributed by atoms with E-state index in [9.17, 15) is 0 Å². The third-order valence-corrected chi connectivity index (χ3v) is 8.53. The van der Waals surface area contributed by atoms with Gasteiger partial charge in [-0.2, -0.15) is 0 Å². The molecular formula is C38H25N3. The smallest absolute Gasteiger partial charge is 0.0669 e. The van der Waals surface area contributed by atoms with Crippen molar-refractivity contribution >= 4 is 55.0 Å². The molecule has 6 aromatic carbocycles. The third-order valence-electron chi connectivity index (χ3n) is 8.53. The van der Waals surface area contributed by atoms with Gasteiger partial charge in [0.25, 0.3) is 0 Å². The van der Waals surface area contributed by atoms with E-state index < -0.39 is 0 Å². The fourth-order valence-corrected chi connectivity index (χ4v) is 6.67. The first-order chi connectivity index (χ1) is 20.3. The molecule has 0 saturated carbocycles. The van der Waals surface area contributed by atoms with Crippen LogP contribution in [0.4, 0.5) is 5.69 Å². The Morgan fingerprint density at radius 2 is 1.00 bits per heavy atom. The number of aliphatic imine (C=N–C) groups is 1. The molecule has 1 aliphatic heterocycles. The van der Waals surface area contributed by atoms with Crippen molar-refractivity contribution in [3.63, 3.8) is 0 Å². The Hall–Kier alpha value is -5.41. The minimum absolute atomic E-state index is 0.865. The van der Waals surface area contributed by atoms with Crippen molar-refractivity contribution in [3.8, 4) is 11.4 Å². The van der Waals surface area contributed by atoms with E-state index in [-0.39, 0.29) is 0 Å². The Balaban J connectivity index is 1.37. The van der Waals surface area contributed by atoms with Gasteiger partial charge in [-0.3, -0.25) is 4.99 Å². The van der Waals surface area contributed by atoms with Crippen LogP contribution in [0, 0.1) is 0 Å². The van der Waals surface area contributed by atoms with Gasteiger partial charge in [-0.25, -0.2) is 0 Å². The van der Waals surface area contributed by atoms with Crippen LogP contribution in [0.15, 0.2) is 145 Å². The molecule has 0 amide bonds. The lowest BCUT2D eigenvalue weighted by Gasteiger charge is -2.09. The molecular weight excluding hydrogens is 498 g/mol. The van der Waals surface area contributed by atoms with Crippen molar-refractivity contribution in [1.29, 1.82) is 0 Å². The highest BCUT2D eigenvalue weighted by Crippen LogP contribution is 2.40. The zero-order chi connectivity index (χ0) is 26.9. The van der Waals surface area contributed by atoms with Gasteiger partial charge in [0.05, 0.1) is 33.5 Å². The number of para-hydroxylation sites is 4. The minimum Gasteiger partial charge on any atom is -0.309 e. The topological polar surface area (TPSA) is 22.2 Å². The van der Waals surface area contributed by atoms with E-state index in [0.717, 1.165) is 23.5 Å². The van der Waals surface area contributed by atoms with Gasteiger partial charge < -0.3 is 9.13 Å². The van der Waals surface area contributed by atoms with Gasteiger partial charge in [-0.1, -0.05) is 84.9 Å². The molecule has 3 nitrogen and oxygen atoms in total. The second kappa shape index (κ2) is 8.54. The van der Waals surface area contributed by atoms with Crippen molar-refractivity contribution in [1.82, 2.24) is 9.13 Å². The molecule has 0 fully saturated rings. The maximum Gasteiger partial charge on any atom is 0.0669 e. The number of aromatic nitrogens is 2. The fourth-order valence-electron chi connectivity index (χ4n) is 6.67. The fraction of sp³-hybridized carbons (Fsp3) is 0.0263. The monoisotopic (exact) mass is 523 g/mol. The van der Waals surface area contributed by atoms with Crippen LogP contribution in [-0.2, 0) is 6.42 Å². The van der Waals surface area contributed by atoms with E-state index >= 15 is 0 Å². The summed E-state index contributed by atoms with van der Waals surface area (Å²) in [5, 5.41) is 5.01. The normalized spacial score (nSPS) is 12.9. The summed E-state index contributed by atoms with van der Waals surface area (Å²) in [7, 11) is 0. The van der Waals surface area contributed by atoms with E-state index in [0.29, 0.717) is 0 Å².